The van der Waals surface area contributed by atoms with Gasteiger partial charge >= 0.3 is 5.97 Å². The molecular formula is C32H26N2O4. The third-order valence-electron chi connectivity index (χ3n) is 6.19. The van der Waals surface area contributed by atoms with Crippen LogP contribution in [0.1, 0.15) is 28.4 Å². The topological polar surface area (TPSA) is 77.0 Å². The Balaban J connectivity index is 1.32. The van der Waals surface area contributed by atoms with E-state index >= 15 is 0 Å². The Hall–Kier alpha value is -4.97. The van der Waals surface area contributed by atoms with Gasteiger partial charge in [-0.1, -0.05) is 78.4 Å². The first-order valence-corrected chi connectivity index (χ1v) is 12.3. The molecule has 38 heavy (non-hydrogen) atoms. The summed E-state index contributed by atoms with van der Waals surface area (Å²) in [5.41, 5.74) is 4.61. The van der Waals surface area contributed by atoms with E-state index < -0.39 is 18.0 Å². The second-order valence-electron chi connectivity index (χ2n) is 8.96. The molecule has 0 fully saturated rings. The summed E-state index contributed by atoms with van der Waals surface area (Å²) < 4.78 is 11.6. The number of hydrazone groups is 1. The van der Waals surface area contributed by atoms with Crippen molar-refractivity contribution >= 4 is 39.6 Å². The summed E-state index contributed by atoms with van der Waals surface area (Å²) in [5.74, 6) is 0.0478. The molecule has 5 rings (SSSR count). The lowest BCUT2D eigenvalue weighted by Crippen LogP contribution is -2.33. The molecule has 0 saturated heterocycles. The maximum absolute atomic E-state index is 12.8. The SMILES string of the molecule is Cc1ccc(C(=O)Oc2ccc3ccccc3c2/C=N\NC(=O)[C@H](C)Oc2ccc3ccccc3c2)cc1. The summed E-state index contributed by atoms with van der Waals surface area (Å²) in [6.07, 6.45) is 0.709. The predicted molar refractivity (Wildman–Crippen MR) is 150 cm³/mol. The highest BCUT2D eigenvalue weighted by Gasteiger charge is 2.16. The number of esters is 1. The quantitative estimate of drug-likeness (QED) is 0.120. The lowest BCUT2D eigenvalue weighted by Gasteiger charge is -2.14. The van der Waals surface area contributed by atoms with Crippen molar-refractivity contribution in [1.82, 2.24) is 5.43 Å². The molecule has 0 aromatic heterocycles. The average Bonchev–Trinajstić information content (AvgIpc) is 2.94. The fourth-order valence-electron chi connectivity index (χ4n) is 4.10. The summed E-state index contributed by atoms with van der Waals surface area (Å²) in [5, 5.41) is 8.06. The van der Waals surface area contributed by atoms with Gasteiger partial charge in [-0.3, -0.25) is 4.79 Å². The van der Waals surface area contributed by atoms with E-state index in [4.69, 9.17) is 9.47 Å². The van der Waals surface area contributed by atoms with E-state index in [-0.39, 0.29) is 0 Å². The van der Waals surface area contributed by atoms with Crippen molar-refractivity contribution in [2.45, 2.75) is 20.0 Å². The summed E-state index contributed by atoms with van der Waals surface area (Å²) in [4.78, 5) is 25.5. The first-order valence-electron chi connectivity index (χ1n) is 12.3. The van der Waals surface area contributed by atoms with Crippen LogP contribution < -0.4 is 14.9 Å². The number of fused-ring (bicyclic) bond motifs is 2. The third kappa shape index (κ3) is 5.55. The van der Waals surface area contributed by atoms with Gasteiger partial charge in [0.2, 0.25) is 0 Å². The molecule has 0 heterocycles. The van der Waals surface area contributed by atoms with Gasteiger partial charge in [-0.2, -0.15) is 5.10 Å². The molecule has 0 aliphatic carbocycles. The van der Waals surface area contributed by atoms with Crippen LogP contribution in [0.25, 0.3) is 21.5 Å². The zero-order valence-electron chi connectivity index (χ0n) is 21.0. The fourth-order valence-corrected chi connectivity index (χ4v) is 4.10. The number of nitrogens with zero attached hydrogens (tertiary/aromatic N) is 1. The Morgan fingerprint density at radius 1 is 0.816 bits per heavy atom. The minimum absolute atomic E-state index is 0.340. The van der Waals surface area contributed by atoms with Gasteiger partial charge in [-0.05, 0) is 65.7 Å². The molecule has 0 radical (unpaired) electrons. The van der Waals surface area contributed by atoms with Crippen LogP contribution in [0.3, 0.4) is 0 Å². The van der Waals surface area contributed by atoms with Crippen molar-refractivity contribution in [2.24, 2.45) is 5.10 Å². The second kappa shape index (κ2) is 11.0. The number of rotatable bonds is 7. The van der Waals surface area contributed by atoms with Crippen molar-refractivity contribution < 1.29 is 19.1 Å². The Labute approximate surface area is 220 Å². The zero-order chi connectivity index (χ0) is 26.5. The van der Waals surface area contributed by atoms with E-state index in [9.17, 15) is 9.59 Å². The molecule has 5 aromatic rings. The van der Waals surface area contributed by atoms with E-state index in [0.717, 1.165) is 27.1 Å². The Bertz CT molecular complexity index is 1660. The summed E-state index contributed by atoms with van der Waals surface area (Å²) in [6.45, 7) is 3.61. The van der Waals surface area contributed by atoms with Gasteiger partial charge in [0.15, 0.2) is 6.10 Å². The number of aryl methyl sites for hydroxylation is 1. The van der Waals surface area contributed by atoms with Crippen molar-refractivity contribution in [1.29, 1.82) is 0 Å². The van der Waals surface area contributed by atoms with Crippen molar-refractivity contribution in [3.63, 3.8) is 0 Å². The lowest BCUT2D eigenvalue weighted by atomic mass is 10.0. The van der Waals surface area contributed by atoms with E-state index in [1.165, 1.54) is 6.21 Å². The highest BCUT2D eigenvalue weighted by atomic mass is 16.5. The van der Waals surface area contributed by atoms with Crippen LogP contribution in [0.4, 0.5) is 0 Å². The first-order chi connectivity index (χ1) is 18.5. The zero-order valence-corrected chi connectivity index (χ0v) is 21.0. The predicted octanol–water partition coefficient (Wildman–Crippen LogP) is 6.44. The number of hydrogen-bond donors (Lipinski definition) is 1. The molecule has 0 saturated carbocycles. The molecule has 1 N–H and O–H groups in total. The fraction of sp³-hybridized carbons (Fsp3) is 0.0938. The molecule has 0 aliphatic rings. The highest BCUT2D eigenvalue weighted by Crippen LogP contribution is 2.27. The summed E-state index contributed by atoms with van der Waals surface area (Å²) in [7, 11) is 0. The monoisotopic (exact) mass is 502 g/mol. The highest BCUT2D eigenvalue weighted by molar-refractivity contribution is 6.04. The van der Waals surface area contributed by atoms with Gasteiger partial charge in [-0.15, -0.1) is 0 Å². The van der Waals surface area contributed by atoms with Gasteiger partial charge < -0.3 is 9.47 Å². The van der Waals surface area contributed by atoms with E-state index in [2.05, 4.69) is 10.5 Å². The average molecular weight is 503 g/mol. The number of carbonyl (C=O) groups excluding carboxylic acids is 2. The number of carbonyl (C=O) groups is 2. The van der Waals surface area contributed by atoms with E-state index in [1.807, 2.05) is 91.9 Å². The maximum Gasteiger partial charge on any atom is 0.343 e. The molecule has 0 aliphatic heterocycles. The van der Waals surface area contributed by atoms with Crippen LogP contribution in [0.2, 0.25) is 0 Å². The first kappa shape index (κ1) is 24.7. The van der Waals surface area contributed by atoms with Crippen molar-refractivity contribution in [2.75, 3.05) is 0 Å². The number of benzene rings is 5. The van der Waals surface area contributed by atoms with Crippen LogP contribution in [0, 0.1) is 6.92 Å². The lowest BCUT2D eigenvalue weighted by molar-refractivity contribution is -0.127. The Morgan fingerprint density at radius 3 is 2.29 bits per heavy atom. The van der Waals surface area contributed by atoms with Crippen LogP contribution in [0.5, 0.6) is 11.5 Å². The molecule has 0 bridgehead atoms. The smallest absolute Gasteiger partial charge is 0.343 e. The molecule has 0 unspecified atom stereocenters. The molecule has 6 heteroatoms. The van der Waals surface area contributed by atoms with Gasteiger partial charge in [0, 0.05) is 5.56 Å². The number of ether oxygens (including phenoxy) is 2. The number of amides is 1. The maximum atomic E-state index is 12.8. The van der Waals surface area contributed by atoms with Crippen LogP contribution in [-0.4, -0.2) is 24.2 Å². The largest absolute Gasteiger partial charge is 0.481 e. The van der Waals surface area contributed by atoms with E-state index in [1.54, 1.807) is 25.1 Å². The van der Waals surface area contributed by atoms with E-state index in [0.29, 0.717) is 22.6 Å². The van der Waals surface area contributed by atoms with Gasteiger partial charge in [0.1, 0.15) is 11.5 Å². The van der Waals surface area contributed by atoms with Crippen LogP contribution >= 0.6 is 0 Å². The number of hydrogen-bond acceptors (Lipinski definition) is 5. The van der Waals surface area contributed by atoms with Crippen LogP contribution in [0.15, 0.2) is 108 Å². The molecule has 188 valence electrons. The third-order valence-corrected chi connectivity index (χ3v) is 6.19. The second-order valence-corrected chi connectivity index (χ2v) is 8.96. The molecule has 0 spiro atoms. The summed E-state index contributed by atoms with van der Waals surface area (Å²) in [6, 6.07) is 32.1. The van der Waals surface area contributed by atoms with Crippen molar-refractivity contribution in [3.05, 3.63) is 120 Å². The Morgan fingerprint density at radius 2 is 1.50 bits per heavy atom. The minimum atomic E-state index is -0.778. The molecule has 1 amide bonds. The number of nitrogens with one attached hydrogen (secondary N) is 1. The molecule has 1 atom stereocenters. The van der Waals surface area contributed by atoms with Gasteiger partial charge in [0.05, 0.1) is 11.8 Å². The molecule has 5 aromatic carbocycles. The van der Waals surface area contributed by atoms with Crippen LogP contribution in [-0.2, 0) is 4.79 Å². The van der Waals surface area contributed by atoms with Gasteiger partial charge in [0.25, 0.3) is 5.91 Å². The Kier molecular flexibility index (Phi) is 7.13. The summed E-state index contributed by atoms with van der Waals surface area (Å²) >= 11 is 0. The normalized spacial score (nSPS) is 11.9. The van der Waals surface area contributed by atoms with Crippen molar-refractivity contribution in [3.8, 4) is 11.5 Å². The molecular weight excluding hydrogens is 476 g/mol. The minimum Gasteiger partial charge on any atom is -0.481 e. The van der Waals surface area contributed by atoms with Gasteiger partial charge in [-0.25, -0.2) is 10.2 Å². The standard InChI is InChI=1S/C32H26N2O4/c1-21-11-13-25(14-12-21)32(36)38-30-18-16-24-8-5-6-10-28(24)29(30)20-33-34-31(35)22(2)37-27-17-15-23-7-3-4-9-26(23)19-27/h3-20,22H,1-2H3,(H,34,35)/b33-20-/t22-/m0/s1. The molecule has 6 nitrogen and oxygen atoms in total.